The van der Waals surface area contributed by atoms with Crippen molar-refractivity contribution in [3.8, 4) is 0 Å². The molecule has 2 aliphatic rings. The molecule has 4 rings (SSSR count). The molecule has 1 saturated heterocycles. The van der Waals surface area contributed by atoms with Gasteiger partial charge in [-0.15, -0.1) is 0 Å². The lowest BCUT2D eigenvalue weighted by molar-refractivity contribution is -0.117. The number of hydrogen-bond acceptors (Lipinski definition) is 5. The molecule has 0 bridgehead atoms. The molecule has 1 aliphatic carbocycles. The molecule has 0 radical (unpaired) electrons. The van der Waals surface area contributed by atoms with Gasteiger partial charge in [0, 0.05) is 23.9 Å². The van der Waals surface area contributed by atoms with Gasteiger partial charge in [-0.3, -0.25) is 4.79 Å². The third-order valence-corrected chi connectivity index (χ3v) is 8.02. The van der Waals surface area contributed by atoms with Gasteiger partial charge in [0.15, 0.2) is 5.78 Å². The average molecular weight is 490 g/mol. The molecule has 1 aliphatic heterocycles. The van der Waals surface area contributed by atoms with E-state index in [1.807, 2.05) is 6.92 Å². The molecule has 2 atom stereocenters. The van der Waals surface area contributed by atoms with Crippen LogP contribution in [0.2, 0.25) is 0 Å². The largest absolute Gasteiger partial charge is 0.449 e. The van der Waals surface area contributed by atoms with Crippen molar-refractivity contribution < 1.29 is 22.7 Å². The van der Waals surface area contributed by atoms with Gasteiger partial charge >= 0.3 is 5.97 Å². The maximum atomic E-state index is 13.3. The number of hydrogen-bond donors (Lipinski definition) is 0. The second kappa shape index (κ2) is 7.76. The topological polar surface area (TPSA) is 80.8 Å². The van der Waals surface area contributed by atoms with Crippen LogP contribution in [0.25, 0.3) is 0 Å². The predicted molar refractivity (Wildman–Crippen MR) is 115 cm³/mol. The van der Waals surface area contributed by atoms with E-state index in [2.05, 4.69) is 15.9 Å². The molecular formula is C22H20BrNO5S. The van der Waals surface area contributed by atoms with Gasteiger partial charge < -0.3 is 4.74 Å². The molecule has 1 fully saturated rings. The molecule has 156 valence electrons. The number of ketones is 1. The van der Waals surface area contributed by atoms with Crippen LogP contribution in [0, 0.1) is 6.92 Å². The van der Waals surface area contributed by atoms with E-state index >= 15 is 0 Å². The van der Waals surface area contributed by atoms with Crippen molar-refractivity contribution in [2.75, 3.05) is 6.54 Å². The Bertz CT molecular complexity index is 1130. The van der Waals surface area contributed by atoms with Crippen LogP contribution in [0.5, 0.6) is 0 Å². The molecule has 30 heavy (non-hydrogen) atoms. The van der Waals surface area contributed by atoms with Crippen LogP contribution in [0.15, 0.2) is 70.1 Å². The van der Waals surface area contributed by atoms with E-state index in [9.17, 15) is 18.0 Å². The molecule has 0 saturated carbocycles. The maximum Gasteiger partial charge on any atom is 0.339 e. The number of fused-ring (bicyclic) bond motifs is 1. The first-order valence-corrected chi connectivity index (χ1v) is 11.7. The van der Waals surface area contributed by atoms with Gasteiger partial charge in [0.05, 0.1) is 16.5 Å². The number of esters is 1. The van der Waals surface area contributed by atoms with Crippen LogP contribution in [0.4, 0.5) is 0 Å². The third kappa shape index (κ3) is 3.75. The number of aryl methyl sites for hydroxylation is 1. The van der Waals surface area contributed by atoms with Crippen LogP contribution < -0.4 is 0 Å². The predicted octanol–water partition coefficient (Wildman–Crippen LogP) is 3.65. The number of carbonyl (C=O) groups is 2. The number of carbonyl (C=O) groups excluding carboxylic acids is 2. The molecule has 8 heteroatoms. The number of ether oxygens (including phenoxy) is 1. The van der Waals surface area contributed by atoms with Gasteiger partial charge in [-0.2, -0.15) is 4.31 Å². The summed E-state index contributed by atoms with van der Waals surface area (Å²) in [6, 6.07) is 12.5. The Morgan fingerprint density at radius 2 is 1.80 bits per heavy atom. The maximum absolute atomic E-state index is 13.3. The minimum Gasteiger partial charge on any atom is -0.449 e. The Morgan fingerprint density at radius 3 is 2.47 bits per heavy atom. The van der Waals surface area contributed by atoms with Gasteiger partial charge in [0.25, 0.3) is 0 Å². The Hall–Kier alpha value is -2.29. The fourth-order valence-corrected chi connectivity index (χ4v) is 5.85. The van der Waals surface area contributed by atoms with Crippen molar-refractivity contribution in [3.63, 3.8) is 0 Å². The summed E-state index contributed by atoms with van der Waals surface area (Å²) in [5, 5.41) is 0. The number of benzene rings is 2. The summed E-state index contributed by atoms with van der Waals surface area (Å²) in [5.41, 5.74) is 0.135. The Morgan fingerprint density at radius 1 is 1.13 bits per heavy atom. The Kier molecular flexibility index (Phi) is 5.42. The zero-order valence-corrected chi connectivity index (χ0v) is 18.6. The SMILES string of the molecule is Cc1ccc(S(=O)(=O)N2CC[C@]3(OC(=O)c4ccc(Br)cc4)C=CC(=O)C[C@H]23)cc1. The highest BCUT2D eigenvalue weighted by molar-refractivity contribution is 9.10. The number of halogens is 1. The minimum atomic E-state index is -3.84. The van der Waals surface area contributed by atoms with E-state index in [1.165, 1.54) is 10.4 Å². The zero-order chi connectivity index (χ0) is 21.5. The first-order chi connectivity index (χ1) is 14.2. The second-order valence-electron chi connectivity index (χ2n) is 7.55. The first kappa shape index (κ1) is 21.0. The third-order valence-electron chi connectivity index (χ3n) is 5.57. The van der Waals surface area contributed by atoms with Gasteiger partial charge in [0.1, 0.15) is 5.60 Å². The lowest BCUT2D eigenvalue weighted by atomic mass is 9.85. The molecular weight excluding hydrogens is 470 g/mol. The summed E-state index contributed by atoms with van der Waals surface area (Å²) in [6.07, 6.45) is 3.18. The monoisotopic (exact) mass is 489 g/mol. The van der Waals surface area contributed by atoms with Crippen LogP contribution >= 0.6 is 15.9 Å². The highest BCUT2D eigenvalue weighted by atomic mass is 79.9. The molecule has 0 spiro atoms. The summed E-state index contributed by atoms with van der Waals surface area (Å²) >= 11 is 3.33. The van der Waals surface area contributed by atoms with Gasteiger partial charge in [-0.05, 0) is 55.5 Å². The lowest BCUT2D eigenvalue weighted by Gasteiger charge is -2.36. The Balaban J connectivity index is 1.67. The van der Waals surface area contributed by atoms with Crippen LogP contribution in [0.3, 0.4) is 0 Å². The minimum absolute atomic E-state index is 0.0325. The average Bonchev–Trinajstić information content (AvgIpc) is 3.08. The second-order valence-corrected chi connectivity index (χ2v) is 10.4. The summed E-state index contributed by atoms with van der Waals surface area (Å²) in [4.78, 5) is 25.1. The van der Waals surface area contributed by atoms with Crippen molar-refractivity contribution in [1.82, 2.24) is 4.31 Å². The van der Waals surface area contributed by atoms with E-state index in [1.54, 1.807) is 54.6 Å². The number of sulfonamides is 1. The highest BCUT2D eigenvalue weighted by Crippen LogP contribution is 2.41. The molecule has 1 heterocycles. The lowest BCUT2D eigenvalue weighted by Crippen LogP contribution is -2.51. The fraction of sp³-hybridized carbons (Fsp3) is 0.273. The molecule has 0 amide bonds. The number of rotatable bonds is 4. The van der Waals surface area contributed by atoms with E-state index in [0.29, 0.717) is 5.56 Å². The molecule has 6 nitrogen and oxygen atoms in total. The molecule has 2 aromatic rings. The molecule has 0 aromatic heterocycles. The number of allylic oxidation sites excluding steroid dienone is 1. The standard InChI is InChI=1S/C22H20BrNO5S/c1-15-2-8-19(9-3-15)30(27,28)24-13-12-22(11-10-18(25)14-20(22)24)29-21(26)16-4-6-17(23)7-5-16/h2-11,20H,12-14H2,1H3/t20-,22+/m0/s1. The van der Waals surface area contributed by atoms with Crippen LogP contribution in [-0.4, -0.2) is 42.7 Å². The molecule has 0 N–H and O–H groups in total. The van der Waals surface area contributed by atoms with Crippen molar-refractivity contribution >= 4 is 37.7 Å². The Labute approximate surface area is 183 Å². The zero-order valence-electron chi connectivity index (χ0n) is 16.2. The first-order valence-electron chi connectivity index (χ1n) is 9.51. The summed E-state index contributed by atoms with van der Waals surface area (Å²) in [5.74, 6) is -0.748. The highest BCUT2D eigenvalue weighted by Gasteiger charge is 2.55. The van der Waals surface area contributed by atoms with E-state index in [4.69, 9.17) is 4.74 Å². The fourth-order valence-electron chi connectivity index (χ4n) is 3.92. The van der Waals surface area contributed by atoms with Gasteiger partial charge in [-0.25, -0.2) is 13.2 Å². The van der Waals surface area contributed by atoms with Crippen molar-refractivity contribution in [3.05, 3.63) is 76.3 Å². The molecule has 2 aromatic carbocycles. The normalized spacial score (nSPS) is 23.9. The van der Waals surface area contributed by atoms with Crippen molar-refractivity contribution in [2.24, 2.45) is 0 Å². The van der Waals surface area contributed by atoms with Gasteiger partial charge in [-0.1, -0.05) is 33.6 Å². The van der Waals surface area contributed by atoms with E-state index in [-0.39, 0.29) is 30.1 Å². The summed E-state index contributed by atoms with van der Waals surface area (Å²) < 4.78 is 34.6. The molecule has 0 unspecified atom stereocenters. The van der Waals surface area contributed by atoms with Crippen molar-refractivity contribution in [2.45, 2.75) is 36.3 Å². The van der Waals surface area contributed by atoms with Crippen LogP contribution in [0.1, 0.15) is 28.8 Å². The van der Waals surface area contributed by atoms with E-state index in [0.717, 1.165) is 10.0 Å². The quantitative estimate of drug-likeness (QED) is 0.612. The smallest absolute Gasteiger partial charge is 0.339 e. The van der Waals surface area contributed by atoms with E-state index < -0.39 is 27.6 Å². The van der Waals surface area contributed by atoms with Crippen LogP contribution in [-0.2, 0) is 19.6 Å². The summed E-state index contributed by atoms with van der Waals surface area (Å²) in [6.45, 7) is 2.04. The summed E-state index contributed by atoms with van der Waals surface area (Å²) in [7, 11) is -3.84. The number of nitrogens with zero attached hydrogens (tertiary/aromatic N) is 1. The van der Waals surface area contributed by atoms with Gasteiger partial charge in [0.2, 0.25) is 10.0 Å². The van der Waals surface area contributed by atoms with Crippen molar-refractivity contribution in [1.29, 1.82) is 0 Å².